The fourth-order valence-corrected chi connectivity index (χ4v) is 4.64. The van der Waals surface area contributed by atoms with Crippen molar-refractivity contribution in [2.24, 2.45) is 0 Å². The summed E-state index contributed by atoms with van der Waals surface area (Å²) in [4.78, 5) is 14.3. The molecule has 2 aromatic carbocycles. The van der Waals surface area contributed by atoms with Crippen molar-refractivity contribution in [3.63, 3.8) is 0 Å². The molecule has 1 heterocycles. The van der Waals surface area contributed by atoms with Gasteiger partial charge in [0.1, 0.15) is 5.75 Å². The first kappa shape index (κ1) is 21.1. The number of hydrogen-bond donors (Lipinski definition) is 2. The Morgan fingerprint density at radius 3 is 2.41 bits per heavy atom. The number of aliphatic hydroxyl groups excluding tert-OH is 1. The standard InChI is InChI=1S/C21H26N2O5S/c1-15-13-19(28-2)7-8-20(15)29(26,27)22-17-5-3-16(4-6-17)14-21(25)23-11-9-18(24)10-12-23/h3-8,13,18,22,24H,9-12,14H2,1-2H3. The largest absolute Gasteiger partial charge is 0.497 e. The van der Waals surface area contributed by atoms with E-state index in [0.717, 1.165) is 5.56 Å². The number of aliphatic hydroxyl groups is 1. The Morgan fingerprint density at radius 1 is 1.17 bits per heavy atom. The highest BCUT2D eigenvalue weighted by Crippen LogP contribution is 2.23. The Kier molecular flexibility index (Phi) is 6.44. The lowest BCUT2D eigenvalue weighted by atomic mass is 10.1. The summed E-state index contributed by atoms with van der Waals surface area (Å²) in [6.45, 7) is 2.85. The molecular weight excluding hydrogens is 392 g/mol. The predicted octanol–water partition coefficient (Wildman–Crippen LogP) is 2.33. The molecule has 8 heteroatoms. The number of sulfonamides is 1. The number of rotatable bonds is 6. The molecule has 0 atom stereocenters. The number of nitrogens with zero attached hydrogens (tertiary/aromatic N) is 1. The highest BCUT2D eigenvalue weighted by atomic mass is 32.2. The number of carbonyl (C=O) groups excluding carboxylic acids is 1. The van der Waals surface area contributed by atoms with Crippen LogP contribution >= 0.6 is 0 Å². The van der Waals surface area contributed by atoms with Crippen LogP contribution in [0.3, 0.4) is 0 Å². The molecular formula is C21H26N2O5S. The van der Waals surface area contributed by atoms with Crippen molar-refractivity contribution in [2.45, 2.75) is 37.2 Å². The molecule has 2 N–H and O–H groups in total. The zero-order chi connectivity index (χ0) is 21.0. The number of hydrogen-bond acceptors (Lipinski definition) is 5. The SMILES string of the molecule is COc1ccc(S(=O)(=O)Nc2ccc(CC(=O)N3CCC(O)CC3)cc2)c(C)c1. The van der Waals surface area contributed by atoms with Crippen molar-refractivity contribution < 1.29 is 23.1 Å². The number of methoxy groups -OCH3 is 1. The van der Waals surface area contributed by atoms with Crippen LogP contribution in [0.1, 0.15) is 24.0 Å². The second-order valence-electron chi connectivity index (χ2n) is 7.22. The van der Waals surface area contributed by atoms with E-state index >= 15 is 0 Å². The summed E-state index contributed by atoms with van der Waals surface area (Å²) in [5.41, 5.74) is 1.83. The first-order chi connectivity index (χ1) is 13.8. The Balaban J connectivity index is 1.65. The quantitative estimate of drug-likeness (QED) is 0.751. The third-order valence-corrected chi connectivity index (χ3v) is 6.59. The van der Waals surface area contributed by atoms with Crippen molar-refractivity contribution in [1.29, 1.82) is 0 Å². The summed E-state index contributed by atoms with van der Waals surface area (Å²) in [7, 11) is -2.20. The predicted molar refractivity (Wildman–Crippen MR) is 111 cm³/mol. The van der Waals surface area contributed by atoms with Crippen LogP contribution < -0.4 is 9.46 Å². The number of ether oxygens (including phenoxy) is 1. The molecule has 1 saturated heterocycles. The Morgan fingerprint density at radius 2 is 1.83 bits per heavy atom. The van der Waals surface area contributed by atoms with Gasteiger partial charge in [0.25, 0.3) is 10.0 Å². The van der Waals surface area contributed by atoms with Crippen molar-refractivity contribution in [3.8, 4) is 5.75 Å². The van der Waals surface area contributed by atoms with Crippen molar-refractivity contribution >= 4 is 21.6 Å². The zero-order valence-electron chi connectivity index (χ0n) is 16.6. The fraction of sp³-hybridized carbons (Fsp3) is 0.381. The van der Waals surface area contributed by atoms with Gasteiger partial charge in [0.2, 0.25) is 5.91 Å². The third kappa shape index (κ3) is 5.27. The van der Waals surface area contributed by atoms with Crippen LogP contribution in [0.2, 0.25) is 0 Å². The molecule has 1 aliphatic rings. The van der Waals surface area contributed by atoms with Gasteiger partial charge in [-0.1, -0.05) is 12.1 Å². The Labute approximate surface area is 171 Å². The van der Waals surface area contributed by atoms with Crippen LogP contribution in [0.15, 0.2) is 47.4 Å². The van der Waals surface area contributed by atoms with Crippen LogP contribution in [0.5, 0.6) is 5.75 Å². The van der Waals surface area contributed by atoms with Crippen LogP contribution in [0, 0.1) is 6.92 Å². The Hall–Kier alpha value is -2.58. The van der Waals surface area contributed by atoms with E-state index in [9.17, 15) is 18.3 Å². The minimum absolute atomic E-state index is 0.0130. The number of nitrogens with one attached hydrogen (secondary N) is 1. The lowest BCUT2D eigenvalue weighted by Crippen LogP contribution is -2.40. The van der Waals surface area contributed by atoms with Gasteiger partial charge in [-0.3, -0.25) is 9.52 Å². The molecule has 0 bridgehead atoms. The number of amides is 1. The van der Waals surface area contributed by atoms with Crippen LogP contribution in [-0.2, 0) is 21.2 Å². The van der Waals surface area contributed by atoms with E-state index < -0.39 is 10.0 Å². The number of anilines is 1. The van der Waals surface area contributed by atoms with Crippen LogP contribution in [0.25, 0.3) is 0 Å². The van der Waals surface area contributed by atoms with Gasteiger partial charge in [-0.15, -0.1) is 0 Å². The number of aryl methyl sites for hydroxylation is 1. The molecule has 0 aliphatic carbocycles. The molecule has 1 aliphatic heterocycles. The van der Waals surface area contributed by atoms with E-state index in [1.54, 1.807) is 48.2 Å². The van der Waals surface area contributed by atoms with Crippen molar-refractivity contribution in [2.75, 3.05) is 24.9 Å². The summed E-state index contributed by atoms with van der Waals surface area (Å²) in [6.07, 6.45) is 1.15. The van der Waals surface area contributed by atoms with E-state index in [1.807, 2.05) is 0 Å². The molecule has 2 aromatic rings. The smallest absolute Gasteiger partial charge is 0.262 e. The number of benzene rings is 2. The molecule has 0 spiro atoms. The molecule has 29 heavy (non-hydrogen) atoms. The average Bonchev–Trinajstić information content (AvgIpc) is 2.69. The van der Waals surface area contributed by atoms with Gasteiger partial charge < -0.3 is 14.7 Å². The maximum Gasteiger partial charge on any atom is 0.262 e. The minimum atomic E-state index is -3.73. The van der Waals surface area contributed by atoms with Crippen molar-refractivity contribution in [3.05, 3.63) is 53.6 Å². The number of carbonyl (C=O) groups is 1. The van der Waals surface area contributed by atoms with Crippen LogP contribution in [0.4, 0.5) is 5.69 Å². The molecule has 7 nitrogen and oxygen atoms in total. The number of piperidine rings is 1. The summed E-state index contributed by atoms with van der Waals surface area (Å²) < 4.78 is 33.1. The maximum absolute atomic E-state index is 12.7. The summed E-state index contributed by atoms with van der Waals surface area (Å²) in [5.74, 6) is 0.609. The second kappa shape index (κ2) is 8.84. The van der Waals surface area contributed by atoms with Crippen LogP contribution in [-0.4, -0.2) is 50.6 Å². The fourth-order valence-electron chi connectivity index (χ4n) is 3.35. The minimum Gasteiger partial charge on any atom is -0.497 e. The highest BCUT2D eigenvalue weighted by molar-refractivity contribution is 7.92. The monoisotopic (exact) mass is 418 g/mol. The summed E-state index contributed by atoms with van der Waals surface area (Å²) >= 11 is 0. The normalized spacial score (nSPS) is 15.2. The van der Waals surface area contributed by atoms with E-state index in [-0.39, 0.29) is 23.3 Å². The van der Waals surface area contributed by atoms with Gasteiger partial charge in [0.15, 0.2) is 0 Å². The van der Waals surface area contributed by atoms with Crippen molar-refractivity contribution in [1.82, 2.24) is 4.90 Å². The van der Waals surface area contributed by atoms with Gasteiger partial charge in [-0.05, 0) is 61.2 Å². The molecule has 0 saturated carbocycles. The van der Waals surface area contributed by atoms with Gasteiger partial charge >= 0.3 is 0 Å². The molecule has 1 fully saturated rings. The van der Waals surface area contributed by atoms with E-state index in [2.05, 4.69) is 4.72 Å². The molecule has 3 rings (SSSR count). The molecule has 0 radical (unpaired) electrons. The Bertz CT molecular complexity index is 965. The lowest BCUT2D eigenvalue weighted by molar-refractivity contribution is -0.132. The average molecular weight is 419 g/mol. The van der Waals surface area contributed by atoms with Gasteiger partial charge in [0.05, 0.1) is 24.5 Å². The maximum atomic E-state index is 12.7. The molecule has 156 valence electrons. The van der Waals surface area contributed by atoms with Gasteiger partial charge in [-0.25, -0.2) is 8.42 Å². The van der Waals surface area contributed by atoms with Gasteiger partial charge in [0, 0.05) is 18.8 Å². The lowest BCUT2D eigenvalue weighted by Gasteiger charge is -2.29. The summed E-state index contributed by atoms with van der Waals surface area (Å²) in [6, 6.07) is 11.6. The third-order valence-electron chi connectivity index (χ3n) is 5.05. The van der Waals surface area contributed by atoms with E-state index in [4.69, 9.17) is 4.74 Å². The highest BCUT2D eigenvalue weighted by Gasteiger charge is 2.21. The van der Waals surface area contributed by atoms with E-state index in [0.29, 0.717) is 42.9 Å². The zero-order valence-corrected chi connectivity index (χ0v) is 17.4. The second-order valence-corrected chi connectivity index (χ2v) is 8.87. The molecule has 0 aromatic heterocycles. The molecule has 1 amide bonds. The summed E-state index contributed by atoms with van der Waals surface area (Å²) in [5, 5.41) is 9.55. The topological polar surface area (TPSA) is 95.9 Å². The first-order valence-electron chi connectivity index (χ1n) is 9.51. The van der Waals surface area contributed by atoms with E-state index in [1.165, 1.54) is 13.2 Å². The number of likely N-dealkylation sites (tertiary alicyclic amines) is 1. The van der Waals surface area contributed by atoms with Gasteiger partial charge in [-0.2, -0.15) is 0 Å². The first-order valence-corrected chi connectivity index (χ1v) is 11.0. The molecule has 0 unspecified atom stereocenters.